The van der Waals surface area contributed by atoms with Crippen LogP contribution in [-0.2, 0) is 9.47 Å². The lowest BCUT2D eigenvalue weighted by Crippen LogP contribution is -2.47. The molecule has 0 unspecified atom stereocenters. The Kier molecular flexibility index (Phi) is 9.72. The van der Waals surface area contributed by atoms with Crippen molar-refractivity contribution >= 4 is 29.9 Å². The van der Waals surface area contributed by atoms with Crippen molar-refractivity contribution in [3.63, 3.8) is 0 Å². The number of aliphatic imine (C=N–C) groups is 1. The van der Waals surface area contributed by atoms with Gasteiger partial charge in [0.1, 0.15) is 0 Å². The maximum absolute atomic E-state index is 9.60. The van der Waals surface area contributed by atoms with E-state index in [-0.39, 0.29) is 35.7 Å². The summed E-state index contributed by atoms with van der Waals surface area (Å²) in [4.78, 5) is 4.74. The van der Waals surface area contributed by atoms with Crippen LogP contribution in [0.5, 0.6) is 0 Å². The SMILES string of the molecule is CCNC(=NCC1(OC)CCOCC1)NC1CCC(O)CC1.I. The highest BCUT2D eigenvalue weighted by molar-refractivity contribution is 14.0. The summed E-state index contributed by atoms with van der Waals surface area (Å²) in [5, 5.41) is 16.4. The normalized spacial score (nSPS) is 27.9. The van der Waals surface area contributed by atoms with Gasteiger partial charge in [-0.3, -0.25) is 4.99 Å². The van der Waals surface area contributed by atoms with Gasteiger partial charge in [-0.1, -0.05) is 0 Å². The lowest BCUT2D eigenvalue weighted by atomic mass is 9.93. The van der Waals surface area contributed by atoms with Crippen LogP contribution in [-0.4, -0.2) is 62.2 Å². The van der Waals surface area contributed by atoms with Gasteiger partial charge in [0.15, 0.2) is 5.96 Å². The van der Waals surface area contributed by atoms with Crippen molar-refractivity contribution in [1.29, 1.82) is 0 Å². The quantitative estimate of drug-likeness (QED) is 0.344. The molecule has 0 amide bonds. The predicted molar refractivity (Wildman–Crippen MR) is 103 cm³/mol. The highest BCUT2D eigenvalue weighted by Crippen LogP contribution is 2.25. The molecule has 0 spiro atoms. The van der Waals surface area contributed by atoms with Crippen LogP contribution in [0.25, 0.3) is 0 Å². The second-order valence-corrected chi connectivity index (χ2v) is 6.34. The Labute approximate surface area is 156 Å². The van der Waals surface area contributed by atoms with Crippen molar-refractivity contribution in [1.82, 2.24) is 10.6 Å². The molecule has 0 aromatic heterocycles. The molecule has 6 nitrogen and oxygen atoms in total. The molecule has 0 aromatic carbocycles. The van der Waals surface area contributed by atoms with Gasteiger partial charge in [-0.15, -0.1) is 24.0 Å². The molecule has 0 aromatic rings. The zero-order valence-electron chi connectivity index (χ0n) is 14.3. The van der Waals surface area contributed by atoms with Crippen molar-refractivity contribution in [2.45, 2.75) is 63.2 Å². The van der Waals surface area contributed by atoms with Gasteiger partial charge in [0, 0.05) is 45.8 Å². The molecular weight excluding hydrogens is 409 g/mol. The van der Waals surface area contributed by atoms with Crippen molar-refractivity contribution in [2.24, 2.45) is 4.99 Å². The number of methoxy groups -OCH3 is 1. The van der Waals surface area contributed by atoms with Crippen LogP contribution in [0.4, 0.5) is 0 Å². The Balaban J connectivity index is 0.00000264. The average molecular weight is 441 g/mol. The molecule has 1 heterocycles. The number of hydrogen-bond acceptors (Lipinski definition) is 4. The molecule has 23 heavy (non-hydrogen) atoms. The first-order valence-electron chi connectivity index (χ1n) is 8.53. The van der Waals surface area contributed by atoms with E-state index in [0.717, 1.165) is 64.2 Å². The minimum absolute atomic E-state index is 0. The number of hydrogen-bond donors (Lipinski definition) is 3. The second kappa shape index (κ2) is 10.7. The number of guanidine groups is 1. The van der Waals surface area contributed by atoms with Crippen molar-refractivity contribution < 1.29 is 14.6 Å². The molecule has 0 atom stereocenters. The summed E-state index contributed by atoms with van der Waals surface area (Å²) in [5.41, 5.74) is -0.191. The van der Waals surface area contributed by atoms with Crippen LogP contribution in [0.1, 0.15) is 45.4 Å². The van der Waals surface area contributed by atoms with E-state index in [9.17, 15) is 5.11 Å². The van der Waals surface area contributed by atoms with Gasteiger partial charge in [0.05, 0.1) is 18.2 Å². The molecule has 2 rings (SSSR count). The summed E-state index contributed by atoms with van der Waals surface area (Å²) in [6, 6.07) is 0.398. The Bertz CT molecular complexity index is 354. The van der Waals surface area contributed by atoms with E-state index in [2.05, 4.69) is 17.6 Å². The molecule has 1 saturated heterocycles. The molecule has 2 fully saturated rings. The Hall–Kier alpha value is -0.120. The first kappa shape index (κ1) is 20.9. The molecule has 3 N–H and O–H groups in total. The second-order valence-electron chi connectivity index (χ2n) is 6.34. The summed E-state index contributed by atoms with van der Waals surface area (Å²) in [6.45, 7) is 5.05. The van der Waals surface area contributed by atoms with Gasteiger partial charge in [-0.25, -0.2) is 0 Å². The van der Waals surface area contributed by atoms with Gasteiger partial charge in [-0.2, -0.15) is 0 Å². The average Bonchev–Trinajstić information content (AvgIpc) is 2.56. The highest BCUT2D eigenvalue weighted by Gasteiger charge is 2.32. The van der Waals surface area contributed by atoms with Crippen LogP contribution >= 0.6 is 24.0 Å². The maximum atomic E-state index is 9.60. The van der Waals surface area contributed by atoms with E-state index in [1.807, 2.05) is 0 Å². The van der Waals surface area contributed by atoms with E-state index in [1.54, 1.807) is 7.11 Å². The minimum Gasteiger partial charge on any atom is -0.393 e. The molecule has 1 saturated carbocycles. The van der Waals surface area contributed by atoms with E-state index in [1.165, 1.54) is 0 Å². The Morgan fingerprint density at radius 2 is 1.91 bits per heavy atom. The van der Waals surface area contributed by atoms with Gasteiger partial charge in [0.25, 0.3) is 0 Å². The third-order valence-electron chi connectivity index (χ3n) is 4.74. The van der Waals surface area contributed by atoms with Crippen LogP contribution in [0.3, 0.4) is 0 Å². The number of halogens is 1. The summed E-state index contributed by atoms with van der Waals surface area (Å²) in [7, 11) is 1.77. The minimum atomic E-state index is -0.191. The molecule has 136 valence electrons. The number of nitrogens with one attached hydrogen (secondary N) is 2. The van der Waals surface area contributed by atoms with Crippen molar-refractivity contribution in [2.75, 3.05) is 33.4 Å². The summed E-state index contributed by atoms with van der Waals surface area (Å²) < 4.78 is 11.2. The third-order valence-corrected chi connectivity index (χ3v) is 4.74. The van der Waals surface area contributed by atoms with E-state index >= 15 is 0 Å². The fraction of sp³-hybridized carbons (Fsp3) is 0.938. The number of ether oxygens (including phenoxy) is 2. The highest BCUT2D eigenvalue weighted by atomic mass is 127. The van der Waals surface area contributed by atoms with Gasteiger partial charge in [-0.05, 0) is 32.6 Å². The Morgan fingerprint density at radius 1 is 1.26 bits per heavy atom. The molecule has 0 radical (unpaired) electrons. The number of aliphatic hydroxyl groups is 1. The molecule has 7 heteroatoms. The lowest BCUT2D eigenvalue weighted by molar-refractivity contribution is -0.0828. The largest absolute Gasteiger partial charge is 0.393 e. The molecular formula is C16H32IN3O3. The molecule has 2 aliphatic rings. The van der Waals surface area contributed by atoms with Crippen molar-refractivity contribution in [3.8, 4) is 0 Å². The monoisotopic (exact) mass is 441 g/mol. The number of nitrogens with zero attached hydrogens (tertiary/aromatic N) is 1. The van der Waals surface area contributed by atoms with Gasteiger partial charge < -0.3 is 25.2 Å². The summed E-state index contributed by atoms with van der Waals surface area (Å²) >= 11 is 0. The zero-order chi connectivity index (χ0) is 15.8. The summed E-state index contributed by atoms with van der Waals surface area (Å²) in [5.74, 6) is 0.854. The first-order chi connectivity index (χ1) is 10.7. The number of rotatable bonds is 5. The number of aliphatic hydroxyl groups excluding tert-OH is 1. The van der Waals surface area contributed by atoms with Crippen LogP contribution < -0.4 is 10.6 Å². The Morgan fingerprint density at radius 3 is 2.48 bits per heavy atom. The van der Waals surface area contributed by atoms with Crippen LogP contribution in [0, 0.1) is 0 Å². The standard InChI is InChI=1S/C16H31N3O3.HI/c1-3-17-15(19-13-4-6-14(20)7-5-13)18-12-16(21-2)8-10-22-11-9-16;/h13-14,20H,3-12H2,1-2H3,(H2,17,18,19);1H. The van der Waals surface area contributed by atoms with Gasteiger partial charge in [0.2, 0.25) is 0 Å². The first-order valence-corrected chi connectivity index (χ1v) is 8.53. The van der Waals surface area contributed by atoms with Crippen LogP contribution in [0.15, 0.2) is 4.99 Å². The lowest BCUT2D eigenvalue weighted by Gasteiger charge is -2.35. The van der Waals surface area contributed by atoms with E-state index in [4.69, 9.17) is 14.5 Å². The van der Waals surface area contributed by atoms with E-state index in [0.29, 0.717) is 12.6 Å². The zero-order valence-corrected chi connectivity index (χ0v) is 16.7. The topological polar surface area (TPSA) is 75.1 Å². The fourth-order valence-electron chi connectivity index (χ4n) is 3.13. The predicted octanol–water partition coefficient (Wildman–Crippen LogP) is 1.66. The molecule has 1 aliphatic heterocycles. The van der Waals surface area contributed by atoms with Crippen molar-refractivity contribution in [3.05, 3.63) is 0 Å². The summed E-state index contributed by atoms with van der Waals surface area (Å²) in [6.07, 6.45) is 5.39. The van der Waals surface area contributed by atoms with E-state index < -0.39 is 0 Å². The smallest absolute Gasteiger partial charge is 0.191 e. The molecule has 1 aliphatic carbocycles. The third kappa shape index (κ3) is 6.72. The van der Waals surface area contributed by atoms with Gasteiger partial charge >= 0.3 is 0 Å². The van der Waals surface area contributed by atoms with Crippen LogP contribution in [0.2, 0.25) is 0 Å². The fourth-order valence-corrected chi connectivity index (χ4v) is 3.13. The maximum Gasteiger partial charge on any atom is 0.191 e. The molecule has 0 bridgehead atoms.